The number of benzene rings is 2. The van der Waals surface area contributed by atoms with E-state index >= 15 is 0 Å². The Bertz CT molecular complexity index is 918. The molecule has 2 bridgehead atoms. The molecule has 0 aliphatic carbocycles. The van der Waals surface area contributed by atoms with Crippen LogP contribution in [0.3, 0.4) is 0 Å². The van der Waals surface area contributed by atoms with Gasteiger partial charge < -0.3 is 0 Å². The van der Waals surface area contributed by atoms with Crippen molar-refractivity contribution in [1.82, 2.24) is 15.1 Å². The highest BCUT2D eigenvalue weighted by molar-refractivity contribution is 7.14. The van der Waals surface area contributed by atoms with E-state index in [4.69, 9.17) is 5.10 Å². The van der Waals surface area contributed by atoms with Crippen LogP contribution in [-0.4, -0.2) is 34.2 Å². The SMILES string of the molecule is Cc1ccc(C2CC3CCC(C2c2nnc(-c4ccccc4)s2)N3C)cc1. The lowest BCUT2D eigenvalue weighted by Gasteiger charge is -2.42. The zero-order chi connectivity index (χ0) is 18.4. The molecule has 2 aliphatic heterocycles. The molecule has 5 rings (SSSR count). The Morgan fingerprint density at radius 2 is 1.74 bits per heavy atom. The maximum absolute atomic E-state index is 4.70. The number of fused-ring (bicyclic) bond motifs is 2. The van der Waals surface area contributed by atoms with Crippen molar-refractivity contribution in [1.29, 1.82) is 0 Å². The Morgan fingerprint density at radius 1 is 0.963 bits per heavy atom. The van der Waals surface area contributed by atoms with E-state index in [1.54, 1.807) is 11.3 Å². The lowest BCUT2D eigenvalue weighted by Crippen LogP contribution is -2.44. The summed E-state index contributed by atoms with van der Waals surface area (Å²) in [6, 6.07) is 20.9. The van der Waals surface area contributed by atoms with E-state index in [0.29, 0.717) is 23.9 Å². The van der Waals surface area contributed by atoms with Gasteiger partial charge in [-0.3, -0.25) is 4.90 Å². The van der Waals surface area contributed by atoms with Crippen molar-refractivity contribution in [2.75, 3.05) is 7.05 Å². The number of piperidine rings is 1. The van der Waals surface area contributed by atoms with Gasteiger partial charge in [-0.2, -0.15) is 0 Å². The van der Waals surface area contributed by atoms with E-state index in [2.05, 4.69) is 72.5 Å². The summed E-state index contributed by atoms with van der Waals surface area (Å²) in [5, 5.41) is 11.5. The highest BCUT2D eigenvalue weighted by Gasteiger charge is 2.47. The van der Waals surface area contributed by atoms with Crippen LogP contribution in [0.5, 0.6) is 0 Å². The molecule has 0 N–H and O–H groups in total. The Kier molecular flexibility index (Phi) is 4.33. The molecule has 2 aliphatic rings. The molecule has 0 spiro atoms. The van der Waals surface area contributed by atoms with Crippen LogP contribution in [-0.2, 0) is 0 Å². The van der Waals surface area contributed by atoms with Crippen LogP contribution in [0, 0.1) is 6.92 Å². The molecule has 3 aromatic rings. The van der Waals surface area contributed by atoms with E-state index in [-0.39, 0.29) is 0 Å². The summed E-state index contributed by atoms with van der Waals surface area (Å²) in [6.07, 6.45) is 3.81. The molecule has 4 heteroatoms. The Balaban J connectivity index is 1.54. The fraction of sp³-hybridized carbons (Fsp3) is 0.391. The summed E-state index contributed by atoms with van der Waals surface area (Å²) in [6.45, 7) is 2.16. The molecule has 3 heterocycles. The standard InChI is InChI=1S/C23H25N3S/c1-15-8-10-16(11-9-15)19-14-18-12-13-20(26(18)2)21(19)23-25-24-22(27-23)17-6-4-3-5-7-17/h3-11,18-21H,12-14H2,1-2H3. The number of likely N-dealkylation sites (N-methyl/N-ethyl adjacent to an activating group) is 1. The minimum absolute atomic E-state index is 0.436. The number of rotatable bonds is 3. The van der Waals surface area contributed by atoms with Gasteiger partial charge in [-0.1, -0.05) is 71.5 Å². The maximum atomic E-state index is 4.70. The molecule has 138 valence electrons. The molecule has 1 aromatic heterocycles. The molecule has 27 heavy (non-hydrogen) atoms. The Labute approximate surface area is 165 Å². The molecular formula is C23H25N3S. The Hall–Kier alpha value is -2.04. The summed E-state index contributed by atoms with van der Waals surface area (Å²) in [4.78, 5) is 2.61. The fourth-order valence-corrected chi connectivity index (χ4v) is 6.10. The number of nitrogens with zero attached hydrogens (tertiary/aromatic N) is 3. The maximum Gasteiger partial charge on any atom is 0.147 e. The molecule has 2 saturated heterocycles. The third-order valence-corrected chi connectivity index (χ3v) is 7.59. The van der Waals surface area contributed by atoms with E-state index in [0.717, 1.165) is 5.01 Å². The summed E-state index contributed by atoms with van der Waals surface area (Å²) in [7, 11) is 2.31. The van der Waals surface area contributed by atoms with Crippen LogP contribution >= 0.6 is 11.3 Å². The van der Waals surface area contributed by atoms with Crippen LogP contribution in [0.1, 0.15) is 47.2 Å². The third-order valence-electron chi connectivity index (χ3n) is 6.52. The number of hydrogen-bond acceptors (Lipinski definition) is 4. The van der Waals surface area contributed by atoms with Crippen molar-refractivity contribution in [3.8, 4) is 10.6 Å². The second-order valence-electron chi connectivity index (χ2n) is 8.05. The quantitative estimate of drug-likeness (QED) is 0.626. The minimum Gasteiger partial charge on any atom is -0.300 e. The van der Waals surface area contributed by atoms with E-state index < -0.39 is 0 Å². The topological polar surface area (TPSA) is 29.0 Å². The number of hydrogen-bond donors (Lipinski definition) is 0. The first-order valence-corrected chi connectivity index (χ1v) is 10.7. The monoisotopic (exact) mass is 375 g/mol. The van der Waals surface area contributed by atoms with Crippen LogP contribution in [0.4, 0.5) is 0 Å². The highest BCUT2D eigenvalue weighted by Crippen LogP contribution is 2.51. The van der Waals surface area contributed by atoms with Gasteiger partial charge >= 0.3 is 0 Å². The van der Waals surface area contributed by atoms with Crippen LogP contribution in [0.15, 0.2) is 54.6 Å². The fourth-order valence-electron chi connectivity index (χ4n) is 5.03. The van der Waals surface area contributed by atoms with Gasteiger partial charge in [-0.25, -0.2) is 0 Å². The molecule has 4 unspecified atom stereocenters. The summed E-state index contributed by atoms with van der Waals surface area (Å²) < 4.78 is 0. The normalized spacial score (nSPS) is 27.8. The summed E-state index contributed by atoms with van der Waals surface area (Å²) in [5.41, 5.74) is 3.96. The molecule has 0 saturated carbocycles. The average molecular weight is 376 g/mol. The molecular weight excluding hydrogens is 350 g/mol. The van der Waals surface area contributed by atoms with Gasteiger partial charge in [0.1, 0.15) is 10.0 Å². The van der Waals surface area contributed by atoms with Gasteiger partial charge in [0.15, 0.2) is 0 Å². The predicted octanol–water partition coefficient (Wildman–Crippen LogP) is 5.25. The second-order valence-corrected chi connectivity index (χ2v) is 9.06. The van der Waals surface area contributed by atoms with Gasteiger partial charge in [-0.15, -0.1) is 10.2 Å². The first kappa shape index (κ1) is 17.1. The van der Waals surface area contributed by atoms with Crippen molar-refractivity contribution in [3.05, 3.63) is 70.7 Å². The minimum atomic E-state index is 0.436. The summed E-state index contributed by atoms with van der Waals surface area (Å²) in [5.74, 6) is 0.974. The van der Waals surface area contributed by atoms with Gasteiger partial charge in [0.25, 0.3) is 0 Å². The third kappa shape index (κ3) is 3.01. The molecule has 0 amide bonds. The van der Waals surface area contributed by atoms with Crippen molar-refractivity contribution in [2.45, 2.75) is 50.1 Å². The first-order chi connectivity index (χ1) is 13.2. The number of aryl methyl sites for hydroxylation is 1. The molecule has 4 atom stereocenters. The van der Waals surface area contributed by atoms with Gasteiger partial charge in [0.2, 0.25) is 0 Å². The first-order valence-electron chi connectivity index (χ1n) is 9.88. The lowest BCUT2D eigenvalue weighted by molar-refractivity contribution is 0.137. The van der Waals surface area contributed by atoms with Crippen LogP contribution in [0.25, 0.3) is 10.6 Å². The average Bonchev–Trinajstić information content (AvgIpc) is 3.26. The molecule has 2 fully saturated rings. The zero-order valence-electron chi connectivity index (χ0n) is 15.9. The number of aromatic nitrogens is 2. The second kappa shape index (κ2) is 6.84. The van der Waals surface area contributed by atoms with Gasteiger partial charge in [-0.05, 0) is 44.7 Å². The molecule has 3 nitrogen and oxygen atoms in total. The van der Waals surface area contributed by atoms with Crippen LogP contribution in [0.2, 0.25) is 0 Å². The highest BCUT2D eigenvalue weighted by atomic mass is 32.1. The summed E-state index contributed by atoms with van der Waals surface area (Å²) >= 11 is 1.78. The predicted molar refractivity (Wildman–Crippen MR) is 111 cm³/mol. The lowest BCUT2D eigenvalue weighted by atomic mass is 9.76. The largest absolute Gasteiger partial charge is 0.300 e. The van der Waals surface area contributed by atoms with E-state index in [1.807, 2.05) is 6.07 Å². The Morgan fingerprint density at radius 3 is 2.52 bits per heavy atom. The zero-order valence-corrected chi connectivity index (χ0v) is 16.7. The van der Waals surface area contributed by atoms with Gasteiger partial charge in [0.05, 0.1) is 0 Å². The van der Waals surface area contributed by atoms with Crippen molar-refractivity contribution in [2.24, 2.45) is 0 Å². The molecule has 0 radical (unpaired) electrons. The van der Waals surface area contributed by atoms with E-state index in [9.17, 15) is 0 Å². The molecule has 2 aromatic carbocycles. The van der Waals surface area contributed by atoms with Crippen molar-refractivity contribution in [3.63, 3.8) is 0 Å². The van der Waals surface area contributed by atoms with E-state index in [1.165, 1.54) is 41.0 Å². The van der Waals surface area contributed by atoms with Crippen molar-refractivity contribution < 1.29 is 0 Å². The van der Waals surface area contributed by atoms with Crippen LogP contribution < -0.4 is 0 Å². The van der Waals surface area contributed by atoms with Gasteiger partial charge in [0, 0.05) is 23.6 Å². The van der Waals surface area contributed by atoms with Crippen molar-refractivity contribution >= 4 is 11.3 Å². The smallest absolute Gasteiger partial charge is 0.147 e.